The average molecular weight is 330 g/mol. The van der Waals surface area contributed by atoms with Crippen molar-refractivity contribution in [3.8, 4) is 0 Å². The summed E-state index contributed by atoms with van der Waals surface area (Å²) < 4.78 is 5.27. The first-order chi connectivity index (χ1) is 10.3. The number of hydrogen-bond acceptors (Lipinski definition) is 4. The van der Waals surface area contributed by atoms with Gasteiger partial charge in [0.1, 0.15) is 17.7 Å². The molecule has 7 heteroatoms. The van der Waals surface area contributed by atoms with E-state index in [9.17, 15) is 19.5 Å². The van der Waals surface area contributed by atoms with Gasteiger partial charge in [0.2, 0.25) is 5.91 Å². The van der Waals surface area contributed by atoms with Crippen molar-refractivity contribution in [3.63, 3.8) is 0 Å². The van der Waals surface area contributed by atoms with Crippen molar-refractivity contribution in [3.05, 3.63) is 0 Å². The van der Waals surface area contributed by atoms with Crippen LogP contribution >= 0.6 is 0 Å². The molecule has 0 saturated heterocycles. The lowest BCUT2D eigenvalue weighted by Gasteiger charge is -2.33. The molecule has 2 unspecified atom stereocenters. The molecule has 23 heavy (non-hydrogen) atoms. The molecule has 0 spiro atoms. The van der Waals surface area contributed by atoms with Crippen LogP contribution in [0, 0.1) is 11.8 Å². The molecule has 0 bridgehead atoms. The Kier molecular flexibility index (Phi) is 7.54. The van der Waals surface area contributed by atoms with E-state index in [0.717, 1.165) is 0 Å². The minimum Gasteiger partial charge on any atom is -0.480 e. The van der Waals surface area contributed by atoms with E-state index in [2.05, 4.69) is 5.32 Å². The normalized spacial score (nSPS) is 14.3. The number of hydrogen-bond donors (Lipinski definition) is 2. The van der Waals surface area contributed by atoms with Crippen molar-refractivity contribution in [1.29, 1.82) is 0 Å². The second-order valence-electron chi connectivity index (χ2n) is 7.35. The molecule has 0 heterocycles. The molecule has 134 valence electrons. The largest absolute Gasteiger partial charge is 0.480 e. The maximum Gasteiger partial charge on any atom is 0.410 e. The summed E-state index contributed by atoms with van der Waals surface area (Å²) in [6, 6.07) is -1.82. The number of likely N-dealkylation sites (N-methyl/N-ethyl adjacent to an activating group) is 1. The molecule has 2 atom stereocenters. The van der Waals surface area contributed by atoms with Gasteiger partial charge in [0.05, 0.1) is 0 Å². The number of carboxylic acid groups (broad SMARTS) is 1. The Morgan fingerprint density at radius 1 is 1.04 bits per heavy atom. The number of aliphatic carboxylic acids is 1. The van der Waals surface area contributed by atoms with Crippen LogP contribution in [0.3, 0.4) is 0 Å². The zero-order chi connectivity index (χ0) is 18.5. The molecule has 0 rings (SSSR count). The number of rotatable bonds is 6. The lowest BCUT2D eigenvalue weighted by atomic mass is 9.99. The number of amides is 2. The highest BCUT2D eigenvalue weighted by atomic mass is 16.6. The molecular weight excluding hydrogens is 300 g/mol. The van der Waals surface area contributed by atoms with Crippen molar-refractivity contribution < 1.29 is 24.2 Å². The standard InChI is InChI=1S/C16H30N2O5/c1-9(2)11(14(20)21)17-13(19)12(10(3)4)18(8)15(22)23-16(5,6)7/h9-12H,1-8H3,(H,17,19)(H,20,21). The van der Waals surface area contributed by atoms with E-state index < -0.39 is 35.7 Å². The Morgan fingerprint density at radius 3 is 1.83 bits per heavy atom. The molecular formula is C16H30N2O5. The maximum atomic E-state index is 12.5. The van der Waals surface area contributed by atoms with Crippen LogP contribution in [0.4, 0.5) is 4.79 Å². The van der Waals surface area contributed by atoms with E-state index in [4.69, 9.17) is 4.74 Å². The summed E-state index contributed by atoms with van der Waals surface area (Å²) in [4.78, 5) is 37.1. The van der Waals surface area contributed by atoms with E-state index in [1.54, 1.807) is 48.5 Å². The zero-order valence-electron chi connectivity index (χ0n) is 15.3. The monoisotopic (exact) mass is 330 g/mol. The van der Waals surface area contributed by atoms with Crippen LogP contribution in [0.15, 0.2) is 0 Å². The van der Waals surface area contributed by atoms with Crippen LogP contribution in [-0.4, -0.2) is 52.7 Å². The molecule has 0 saturated carbocycles. The highest BCUT2D eigenvalue weighted by Crippen LogP contribution is 2.16. The quantitative estimate of drug-likeness (QED) is 0.777. The summed E-state index contributed by atoms with van der Waals surface area (Å²) in [7, 11) is 1.48. The molecule has 2 N–H and O–H groups in total. The summed E-state index contributed by atoms with van der Waals surface area (Å²) in [5.41, 5.74) is -0.676. The fourth-order valence-corrected chi connectivity index (χ4v) is 2.13. The SMILES string of the molecule is CC(C)C(NC(=O)C(C(C)C)N(C)C(=O)OC(C)(C)C)C(=O)O. The summed E-state index contributed by atoms with van der Waals surface area (Å²) in [6.07, 6.45) is -0.622. The van der Waals surface area contributed by atoms with Crippen molar-refractivity contribution in [1.82, 2.24) is 10.2 Å². The Morgan fingerprint density at radius 2 is 1.52 bits per heavy atom. The van der Waals surface area contributed by atoms with Gasteiger partial charge in [-0.2, -0.15) is 0 Å². The van der Waals surface area contributed by atoms with E-state index in [1.807, 2.05) is 0 Å². The average Bonchev–Trinajstić information content (AvgIpc) is 2.32. The maximum absolute atomic E-state index is 12.5. The smallest absolute Gasteiger partial charge is 0.410 e. The number of carbonyl (C=O) groups excluding carboxylic acids is 2. The molecule has 0 aliphatic rings. The van der Waals surface area contributed by atoms with Gasteiger partial charge in [-0.15, -0.1) is 0 Å². The van der Waals surface area contributed by atoms with Gasteiger partial charge >= 0.3 is 12.1 Å². The Balaban J connectivity index is 5.21. The highest BCUT2D eigenvalue weighted by molar-refractivity contribution is 5.89. The molecule has 0 aliphatic carbocycles. The Bertz CT molecular complexity index is 440. The summed E-state index contributed by atoms with van der Waals surface area (Å²) in [5, 5.41) is 11.7. The predicted octanol–water partition coefficient (Wildman–Crippen LogP) is 2.10. The van der Waals surface area contributed by atoms with Gasteiger partial charge in [0.15, 0.2) is 0 Å². The van der Waals surface area contributed by atoms with Crippen molar-refractivity contribution >= 4 is 18.0 Å². The minimum atomic E-state index is -1.10. The molecule has 0 aromatic heterocycles. The Hall–Kier alpha value is -1.79. The van der Waals surface area contributed by atoms with Crippen LogP contribution in [0.2, 0.25) is 0 Å². The molecule has 0 aromatic carbocycles. The fraction of sp³-hybridized carbons (Fsp3) is 0.812. The van der Waals surface area contributed by atoms with E-state index in [0.29, 0.717) is 0 Å². The fourth-order valence-electron chi connectivity index (χ4n) is 2.13. The second kappa shape index (κ2) is 8.17. The van der Waals surface area contributed by atoms with Gasteiger partial charge < -0.3 is 15.2 Å². The summed E-state index contributed by atoms with van der Waals surface area (Å²) >= 11 is 0. The van der Waals surface area contributed by atoms with Crippen LogP contribution < -0.4 is 5.32 Å². The van der Waals surface area contributed by atoms with E-state index in [-0.39, 0.29) is 11.8 Å². The molecule has 0 aliphatic heterocycles. The third-order valence-electron chi connectivity index (χ3n) is 3.23. The Labute approximate surface area is 138 Å². The van der Waals surface area contributed by atoms with Crippen molar-refractivity contribution in [2.75, 3.05) is 7.05 Å². The van der Waals surface area contributed by atoms with Gasteiger partial charge in [-0.25, -0.2) is 9.59 Å². The van der Waals surface area contributed by atoms with E-state index >= 15 is 0 Å². The third-order valence-corrected chi connectivity index (χ3v) is 3.23. The molecule has 2 amide bonds. The van der Waals surface area contributed by atoms with Crippen LogP contribution in [-0.2, 0) is 14.3 Å². The lowest BCUT2D eigenvalue weighted by molar-refractivity contribution is -0.144. The molecule has 0 radical (unpaired) electrons. The predicted molar refractivity (Wildman–Crippen MR) is 87.0 cm³/mol. The first-order valence-corrected chi connectivity index (χ1v) is 7.77. The topological polar surface area (TPSA) is 95.9 Å². The van der Waals surface area contributed by atoms with Crippen LogP contribution in [0.5, 0.6) is 0 Å². The number of carboxylic acids is 1. The summed E-state index contributed by atoms with van der Waals surface area (Å²) in [5.74, 6) is -2.07. The van der Waals surface area contributed by atoms with Crippen molar-refractivity contribution in [2.45, 2.75) is 66.2 Å². The van der Waals surface area contributed by atoms with Crippen LogP contribution in [0.1, 0.15) is 48.5 Å². The third kappa shape index (κ3) is 6.88. The first-order valence-electron chi connectivity index (χ1n) is 7.77. The van der Waals surface area contributed by atoms with Gasteiger partial charge in [-0.05, 0) is 32.6 Å². The lowest BCUT2D eigenvalue weighted by Crippen LogP contribution is -2.55. The van der Waals surface area contributed by atoms with E-state index in [1.165, 1.54) is 11.9 Å². The highest BCUT2D eigenvalue weighted by Gasteiger charge is 2.35. The first kappa shape index (κ1) is 21.2. The molecule has 7 nitrogen and oxygen atoms in total. The second-order valence-corrected chi connectivity index (χ2v) is 7.35. The molecule has 0 fully saturated rings. The summed E-state index contributed by atoms with van der Waals surface area (Å²) in [6.45, 7) is 12.2. The van der Waals surface area contributed by atoms with Gasteiger partial charge in [0, 0.05) is 7.05 Å². The van der Waals surface area contributed by atoms with Gasteiger partial charge in [-0.3, -0.25) is 9.69 Å². The van der Waals surface area contributed by atoms with Gasteiger partial charge in [-0.1, -0.05) is 27.7 Å². The molecule has 0 aromatic rings. The number of nitrogens with one attached hydrogen (secondary N) is 1. The number of carbonyl (C=O) groups is 3. The number of nitrogens with zero attached hydrogens (tertiary/aromatic N) is 1. The zero-order valence-corrected chi connectivity index (χ0v) is 15.3. The minimum absolute atomic E-state index is 0.200. The van der Waals surface area contributed by atoms with Crippen molar-refractivity contribution in [2.24, 2.45) is 11.8 Å². The number of ether oxygens (including phenoxy) is 1. The van der Waals surface area contributed by atoms with Gasteiger partial charge in [0.25, 0.3) is 0 Å². The van der Waals surface area contributed by atoms with Crippen LogP contribution in [0.25, 0.3) is 0 Å².